The van der Waals surface area contributed by atoms with Crippen LogP contribution in [0.1, 0.15) is 13.8 Å². The van der Waals surface area contributed by atoms with Crippen molar-refractivity contribution in [3.8, 4) is 0 Å². The Morgan fingerprint density at radius 3 is 2.46 bits per heavy atom. The Kier molecular flexibility index (Phi) is 4.71. The zero-order chi connectivity index (χ0) is 10.5. The molecule has 0 bridgehead atoms. The molecule has 0 unspecified atom stereocenters. The molecule has 0 aliphatic carbocycles. The Morgan fingerprint density at radius 1 is 1.54 bits per heavy atom. The van der Waals surface area contributed by atoms with E-state index in [1.165, 1.54) is 0 Å². The molecule has 0 atom stereocenters. The van der Waals surface area contributed by atoms with Crippen molar-refractivity contribution in [3.05, 3.63) is 6.92 Å². The normalized spacial score (nSPS) is 11.4. The molecule has 0 heterocycles. The number of amides is 1. The summed E-state index contributed by atoms with van der Waals surface area (Å²) in [6.07, 6.45) is -1.37. The molecule has 0 spiro atoms. The van der Waals surface area contributed by atoms with Gasteiger partial charge in [-0.25, -0.2) is 9.52 Å². The lowest BCUT2D eigenvalue weighted by Crippen LogP contribution is -2.41. The lowest BCUT2D eigenvalue weighted by atomic mass is 10.5. The maximum atomic E-state index is 10.9. The smallest absolute Gasteiger partial charge is 0.422 e. The van der Waals surface area contributed by atoms with Crippen molar-refractivity contribution in [2.24, 2.45) is 0 Å². The summed E-state index contributed by atoms with van der Waals surface area (Å²) < 4.78 is 29.9. The fourth-order valence-electron chi connectivity index (χ4n) is 0.518. The number of rotatable bonds is 4. The highest BCUT2D eigenvalue weighted by Crippen LogP contribution is 1.89. The quantitative estimate of drug-likeness (QED) is 0.671. The first-order valence-corrected chi connectivity index (χ1v) is 5.13. The van der Waals surface area contributed by atoms with Gasteiger partial charge in [-0.2, -0.15) is 13.1 Å². The standard InChI is InChI=1S/C6H13N2O4S/c1-4-7-13(10,11)8-6(9)12-5(2)3/h5,7H,1,4H2,2-3H3,(H,8,9). The molecule has 0 saturated carbocycles. The third kappa shape index (κ3) is 6.35. The fourth-order valence-corrected chi connectivity index (χ4v) is 1.13. The summed E-state index contributed by atoms with van der Waals surface area (Å²) in [5, 5.41) is 0. The zero-order valence-electron chi connectivity index (χ0n) is 7.53. The van der Waals surface area contributed by atoms with Crippen LogP contribution in [0.25, 0.3) is 0 Å². The van der Waals surface area contributed by atoms with Gasteiger partial charge in [0, 0.05) is 6.54 Å². The van der Waals surface area contributed by atoms with Gasteiger partial charge in [0.05, 0.1) is 6.10 Å². The van der Waals surface area contributed by atoms with Crippen molar-refractivity contribution in [1.29, 1.82) is 0 Å². The molecule has 1 radical (unpaired) electrons. The molecule has 0 saturated heterocycles. The van der Waals surface area contributed by atoms with Crippen LogP contribution in [0.4, 0.5) is 4.79 Å². The van der Waals surface area contributed by atoms with E-state index >= 15 is 0 Å². The maximum absolute atomic E-state index is 10.9. The van der Waals surface area contributed by atoms with Crippen molar-refractivity contribution in [3.63, 3.8) is 0 Å². The molecule has 0 aliphatic rings. The molecule has 0 aromatic heterocycles. The second kappa shape index (κ2) is 5.03. The first-order valence-electron chi connectivity index (χ1n) is 3.64. The van der Waals surface area contributed by atoms with E-state index in [-0.39, 0.29) is 12.6 Å². The van der Waals surface area contributed by atoms with Gasteiger partial charge >= 0.3 is 16.3 Å². The van der Waals surface area contributed by atoms with Crippen LogP contribution >= 0.6 is 0 Å². The van der Waals surface area contributed by atoms with E-state index in [9.17, 15) is 13.2 Å². The minimum atomic E-state index is -3.81. The van der Waals surface area contributed by atoms with Gasteiger partial charge in [0.1, 0.15) is 0 Å². The van der Waals surface area contributed by atoms with E-state index in [0.717, 1.165) is 0 Å². The SMILES string of the molecule is [CH2]CNS(=O)(=O)NC(=O)OC(C)C. The number of carbonyl (C=O) groups is 1. The van der Waals surface area contributed by atoms with Gasteiger partial charge < -0.3 is 4.74 Å². The maximum Gasteiger partial charge on any atom is 0.422 e. The highest BCUT2D eigenvalue weighted by Gasteiger charge is 2.14. The number of hydrogen-bond acceptors (Lipinski definition) is 4. The Morgan fingerprint density at radius 2 is 2.08 bits per heavy atom. The van der Waals surface area contributed by atoms with Gasteiger partial charge in [0.15, 0.2) is 0 Å². The topological polar surface area (TPSA) is 84.5 Å². The Balaban J connectivity index is 4.05. The van der Waals surface area contributed by atoms with Crippen molar-refractivity contribution >= 4 is 16.3 Å². The molecule has 0 aromatic carbocycles. The Bertz CT molecular complexity index is 260. The van der Waals surface area contributed by atoms with E-state index < -0.39 is 16.3 Å². The van der Waals surface area contributed by atoms with Crippen molar-refractivity contribution in [1.82, 2.24) is 9.44 Å². The highest BCUT2D eigenvalue weighted by atomic mass is 32.2. The summed E-state index contributed by atoms with van der Waals surface area (Å²) in [4.78, 5) is 10.8. The van der Waals surface area contributed by atoms with Crippen LogP contribution in [-0.2, 0) is 14.9 Å². The summed E-state index contributed by atoms with van der Waals surface area (Å²) in [7, 11) is -3.81. The first-order chi connectivity index (χ1) is 5.87. The molecule has 0 fully saturated rings. The molecule has 7 heteroatoms. The number of nitrogens with one attached hydrogen (secondary N) is 2. The highest BCUT2D eigenvalue weighted by molar-refractivity contribution is 7.88. The Hall–Kier alpha value is -0.820. The van der Waals surface area contributed by atoms with Crippen molar-refractivity contribution in [2.75, 3.05) is 6.54 Å². The summed E-state index contributed by atoms with van der Waals surface area (Å²) in [6.45, 7) is 6.44. The van der Waals surface area contributed by atoms with E-state index in [2.05, 4.69) is 11.7 Å². The molecular weight excluding hydrogens is 196 g/mol. The molecular formula is C6H13N2O4S. The van der Waals surface area contributed by atoms with E-state index in [1.54, 1.807) is 18.6 Å². The van der Waals surface area contributed by atoms with Gasteiger partial charge in [-0.1, -0.05) is 0 Å². The predicted molar refractivity (Wildman–Crippen MR) is 47.0 cm³/mol. The van der Waals surface area contributed by atoms with Crippen molar-refractivity contribution in [2.45, 2.75) is 20.0 Å². The average molecular weight is 209 g/mol. The van der Waals surface area contributed by atoms with E-state index in [0.29, 0.717) is 0 Å². The van der Waals surface area contributed by atoms with Crippen LogP contribution < -0.4 is 9.44 Å². The van der Waals surface area contributed by atoms with Crippen molar-refractivity contribution < 1.29 is 17.9 Å². The van der Waals surface area contributed by atoms with Crippen LogP contribution in [-0.4, -0.2) is 27.2 Å². The van der Waals surface area contributed by atoms with Crippen LogP contribution in [0.3, 0.4) is 0 Å². The number of carbonyl (C=O) groups excluding carboxylic acids is 1. The van der Waals surface area contributed by atoms with Gasteiger partial charge in [-0.05, 0) is 20.8 Å². The van der Waals surface area contributed by atoms with Gasteiger partial charge in [0.2, 0.25) is 0 Å². The number of ether oxygens (including phenoxy) is 1. The Labute approximate surface area is 77.8 Å². The molecule has 0 aliphatic heterocycles. The molecule has 0 aromatic rings. The van der Waals surface area contributed by atoms with Crippen LogP contribution in [0.5, 0.6) is 0 Å². The molecule has 77 valence electrons. The van der Waals surface area contributed by atoms with Crippen LogP contribution in [0, 0.1) is 6.92 Å². The average Bonchev–Trinajstić information content (AvgIpc) is 1.81. The minimum Gasteiger partial charge on any atom is -0.446 e. The summed E-state index contributed by atoms with van der Waals surface area (Å²) in [5.74, 6) is 0. The third-order valence-corrected chi connectivity index (χ3v) is 1.87. The van der Waals surface area contributed by atoms with Gasteiger partial charge in [-0.15, -0.1) is 0 Å². The van der Waals surface area contributed by atoms with Crippen LogP contribution in [0.2, 0.25) is 0 Å². The fraction of sp³-hybridized carbons (Fsp3) is 0.667. The summed E-state index contributed by atoms with van der Waals surface area (Å²) in [5.41, 5.74) is 0. The summed E-state index contributed by atoms with van der Waals surface area (Å²) in [6, 6.07) is 0. The first kappa shape index (κ1) is 12.2. The molecule has 13 heavy (non-hydrogen) atoms. The minimum absolute atomic E-state index is 0.0374. The molecule has 6 nitrogen and oxygen atoms in total. The van der Waals surface area contributed by atoms with Crippen LogP contribution in [0.15, 0.2) is 0 Å². The predicted octanol–water partition coefficient (Wildman–Crippen LogP) is -0.211. The molecule has 0 rings (SSSR count). The van der Waals surface area contributed by atoms with E-state index in [4.69, 9.17) is 0 Å². The molecule has 2 N–H and O–H groups in total. The summed E-state index contributed by atoms with van der Waals surface area (Å²) >= 11 is 0. The second-order valence-electron chi connectivity index (χ2n) is 2.45. The monoisotopic (exact) mass is 209 g/mol. The second-order valence-corrected chi connectivity index (χ2v) is 3.95. The van der Waals surface area contributed by atoms with E-state index in [1.807, 2.05) is 4.72 Å². The number of hydrogen-bond donors (Lipinski definition) is 2. The van der Waals surface area contributed by atoms with Gasteiger partial charge in [-0.3, -0.25) is 0 Å². The largest absolute Gasteiger partial charge is 0.446 e. The lowest BCUT2D eigenvalue weighted by molar-refractivity contribution is 0.121. The molecule has 1 amide bonds. The zero-order valence-corrected chi connectivity index (χ0v) is 8.35. The van der Waals surface area contributed by atoms with Gasteiger partial charge in [0.25, 0.3) is 0 Å². The lowest BCUT2D eigenvalue weighted by Gasteiger charge is -2.09. The third-order valence-electron chi connectivity index (χ3n) is 0.853.